The van der Waals surface area contributed by atoms with E-state index in [4.69, 9.17) is 17.3 Å². The highest BCUT2D eigenvalue weighted by molar-refractivity contribution is 6.31. The Hall–Kier alpha value is -4.06. The van der Waals surface area contributed by atoms with Crippen LogP contribution >= 0.6 is 11.6 Å². The van der Waals surface area contributed by atoms with E-state index in [1.165, 1.54) is 22.4 Å². The molecule has 6 heteroatoms. The summed E-state index contributed by atoms with van der Waals surface area (Å²) in [5.41, 5.74) is 13.3. The van der Waals surface area contributed by atoms with E-state index in [9.17, 15) is 9.90 Å². The van der Waals surface area contributed by atoms with Gasteiger partial charge in [-0.05, 0) is 72.1 Å². The van der Waals surface area contributed by atoms with Gasteiger partial charge in [-0.15, -0.1) is 0 Å². The second-order valence-corrected chi connectivity index (χ2v) is 9.72. The van der Waals surface area contributed by atoms with Gasteiger partial charge in [0, 0.05) is 40.3 Å². The number of carbonyl (C=O) groups is 1. The van der Waals surface area contributed by atoms with E-state index in [0.717, 1.165) is 29.4 Å². The third kappa shape index (κ3) is 5.30. The lowest BCUT2D eigenvalue weighted by Gasteiger charge is -2.25. The van der Waals surface area contributed by atoms with Crippen molar-refractivity contribution in [2.24, 2.45) is 5.73 Å². The molecule has 5 aromatic rings. The topological polar surface area (TPSA) is 80.3 Å². The molecule has 4 N–H and O–H groups in total. The van der Waals surface area contributed by atoms with E-state index in [2.05, 4.69) is 70.5 Å². The number of aromatic carboxylic acids is 1. The molecule has 1 aromatic heterocycles. The predicted octanol–water partition coefficient (Wildman–Crippen LogP) is 6.79. The van der Waals surface area contributed by atoms with Crippen LogP contribution in [0.4, 0.5) is 5.69 Å². The number of carboxylic acid groups (broad SMARTS) is 1. The Morgan fingerprint density at radius 1 is 0.868 bits per heavy atom. The summed E-state index contributed by atoms with van der Waals surface area (Å²) in [5.74, 6) is -0.931. The summed E-state index contributed by atoms with van der Waals surface area (Å²) >= 11 is 6.52. The monoisotopic (exact) mass is 523 g/mol. The van der Waals surface area contributed by atoms with Crippen LogP contribution in [0.15, 0.2) is 103 Å². The number of nitrogens with two attached hydrogens (primary N) is 1. The van der Waals surface area contributed by atoms with Crippen molar-refractivity contribution in [3.8, 4) is 0 Å². The number of benzene rings is 4. The quantitative estimate of drug-likeness (QED) is 0.188. The maximum Gasteiger partial charge on any atom is 0.335 e. The highest BCUT2D eigenvalue weighted by Crippen LogP contribution is 2.37. The highest BCUT2D eigenvalue weighted by Gasteiger charge is 2.25. The molecule has 1 heterocycles. The molecule has 0 aliphatic carbocycles. The van der Waals surface area contributed by atoms with E-state index in [1.54, 1.807) is 24.3 Å². The minimum absolute atomic E-state index is 0.0205. The van der Waals surface area contributed by atoms with Gasteiger partial charge in [0.05, 0.1) is 11.6 Å². The van der Waals surface area contributed by atoms with Gasteiger partial charge in [-0.3, -0.25) is 0 Å². The van der Waals surface area contributed by atoms with E-state index >= 15 is 0 Å². The van der Waals surface area contributed by atoms with Crippen LogP contribution in [-0.2, 0) is 12.8 Å². The van der Waals surface area contributed by atoms with Gasteiger partial charge in [0.25, 0.3) is 0 Å². The first kappa shape index (κ1) is 25.6. The van der Waals surface area contributed by atoms with Gasteiger partial charge in [-0.2, -0.15) is 0 Å². The van der Waals surface area contributed by atoms with E-state index in [-0.39, 0.29) is 11.6 Å². The first-order chi connectivity index (χ1) is 18.6. The number of rotatable bonds is 10. The minimum Gasteiger partial charge on any atom is -0.478 e. The molecule has 0 unspecified atom stereocenters. The number of halogens is 1. The van der Waals surface area contributed by atoms with Crippen LogP contribution in [0.1, 0.15) is 38.8 Å². The summed E-state index contributed by atoms with van der Waals surface area (Å²) in [6, 6.07) is 34.0. The van der Waals surface area contributed by atoms with Crippen LogP contribution in [0.25, 0.3) is 10.9 Å². The van der Waals surface area contributed by atoms with E-state index in [0.29, 0.717) is 18.1 Å². The van der Waals surface area contributed by atoms with Gasteiger partial charge < -0.3 is 20.7 Å². The molecule has 5 nitrogen and oxygen atoms in total. The zero-order valence-corrected chi connectivity index (χ0v) is 21.7. The summed E-state index contributed by atoms with van der Waals surface area (Å²) in [4.78, 5) is 11.2. The fourth-order valence-electron chi connectivity index (χ4n) is 5.21. The molecule has 192 valence electrons. The number of hydrogen-bond donors (Lipinski definition) is 3. The first-order valence-corrected chi connectivity index (χ1v) is 13.1. The summed E-state index contributed by atoms with van der Waals surface area (Å²) in [6.45, 7) is 1.20. The fraction of sp³-hybridized carbons (Fsp3) is 0.156. The van der Waals surface area contributed by atoms with Crippen LogP contribution in [0.2, 0.25) is 5.02 Å². The van der Waals surface area contributed by atoms with Crippen LogP contribution in [0, 0.1) is 0 Å². The van der Waals surface area contributed by atoms with Crippen LogP contribution in [0.3, 0.4) is 0 Å². The largest absolute Gasteiger partial charge is 0.478 e. The Balaban J connectivity index is 1.59. The van der Waals surface area contributed by atoms with Crippen molar-refractivity contribution in [3.05, 3.63) is 136 Å². The highest BCUT2D eigenvalue weighted by atomic mass is 35.5. The van der Waals surface area contributed by atoms with Gasteiger partial charge in [-0.25, -0.2) is 4.79 Å². The molecule has 38 heavy (non-hydrogen) atoms. The number of carboxylic acids is 1. The van der Waals surface area contributed by atoms with Crippen molar-refractivity contribution in [1.29, 1.82) is 0 Å². The molecule has 0 saturated heterocycles. The van der Waals surface area contributed by atoms with Crippen LogP contribution in [0.5, 0.6) is 0 Å². The second-order valence-electron chi connectivity index (χ2n) is 9.28. The van der Waals surface area contributed by atoms with Crippen molar-refractivity contribution < 1.29 is 9.90 Å². The predicted molar refractivity (Wildman–Crippen MR) is 155 cm³/mol. The average molecular weight is 524 g/mol. The Kier molecular flexibility index (Phi) is 7.78. The third-order valence-corrected chi connectivity index (χ3v) is 7.12. The van der Waals surface area contributed by atoms with E-state index in [1.807, 2.05) is 18.2 Å². The third-order valence-electron chi connectivity index (χ3n) is 6.89. The van der Waals surface area contributed by atoms with Crippen LogP contribution < -0.4 is 11.1 Å². The van der Waals surface area contributed by atoms with Crippen molar-refractivity contribution in [1.82, 2.24) is 4.57 Å². The number of aromatic nitrogens is 1. The Bertz CT molecular complexity index is 1490. The lowest BCUT2D eigenvalue weighted by molar-refractivity contribution is 0.0697. The number of anilines is 1. The van der Waals surface area contributed by atoms with Gasteiger partial charge in [0.15, 0.2) is 0 Å². The summed E-state index contributed by atoms with van der Waals surface area (Å²) in [6.07, 6.45) is 1.49. The van der Waals surface area contributed by atoms with Crippen LogP contribution in [-0.4, -0.2) is 28.7 Å². The minimum atomic E-state index is -0.931. The molecular weight excluding hydrogens is 494 g/mol. The zero-order valence-electron chi connectivity index (χ0n) is 21.0. The molecule has 0 amide bonds. The van der Waals surface area contributed by atoms with Crippen molar-refractivity contribution >= 4 is 34.2 Å². The first-order valence-electron chi connectivity index (χ1n) is 12.7. The second kappa shape index (κ2) is 11.5. The molecule has 5 rings (SSSR count). The maximum atomic E-state index is 11.2. The molecular formula is C32H30ClN3O2. The van der Waals surface area contributed by atoms with Gasteiger partial charge in [0.1, 0.15) is 0 Å². The Morgan fingerprint density at radius 2 is 1.50 bits per heavy atom. The molecule has 0 aliphatic heterocycles. The molecule has 0 bridgehead atoms. The lowest BCUT2D eigenvalue weighted by Crippen LogP contribution is -2.18. The van der Waals surface area contributed by atoms with E-state index < -0.39 is 5.97 Å². The summed E-state index contributed by atoms with van der Waals surface area (Å²) in [7, 11) is 0. The van der Waals surface area contributed by atoms with Crippen molar-refractivity contribution in [3.63, 3.8) is 0 Å². The normalized spacial score (nSPS) is 11.2. The number of fused-ring (bicyclic) bond motifs is 1. The number of nitrogens with zero attached hydrogens (tertiary/aromatic N) is 1. The van der Waals surface area contributed by atoms with Gasteiger partial charge in [-0.1, -0.05) is 72.3 Å². The van der Waals surface area contributed by atoms with Crippen molar-refractivity contribution in [2.45, 2.75) is 18.9 Å². The molecule has 4 aromatic carbocycles. The number of nitrogens with one attached hydrogen (secondary N) is 1. The molecule has 0 fully saturated rings. The summed E-state index contributed by atoms with van der Waals surface area (Å²) < 4.78 is 2.43. The lowest BCUT2D eigenvalue weighted by atomic mass is 9.97. The zero-order chi connectivity index (χ0) is 26.5. The van der Waals surface area contributed by atoms with Crippen molar-refractivity contribution in [2.75, 3.05) is 18.4 Å². The SMILES string of the molecule is NCCc1c(CCNc2ccc(C(=O)O)cc2)c2cc(Cl)ccc2n1C(c1ccccc1)c1ccccc1. The van der Waals surface area contributed by atoms with Gasteiger partial charge >= 0.3 is 5.97 Å². The van der Waals surface area contributed by atoms with Gasteiger partial charge in [0.2, 0.25) is 0 Å². The smallest absolute Gasteiger partial charge is 0.335 e. The molecule has 0 radical (unpaired) electrons. The standard InChI is InChI=1S/C32H30ClN3O2/c33-25-13-16-29-28(21-25)27(18-20-35-26-14-11-24(12-15-26)32(37)38)30(17-19-34)36(29)31(22-7-3-1-4-8-22)23-9-5-2-6-10-23/h1-16,21,31,35H,17-20,34H2,(H,37,38). The summed E-state index contributed by atoms with van der Waals surface area (Å²) in [5, 5.41) is 14.4. The Labute approximate surface area is 227 Å². The number of hydrogen-bond acceptors (Lipinski definition) is 3. The fourth-order valence-corrected chi connectivity index (χ4v) is 5.38. The molecule has 0 aliphatic rings. The average Bonchev–Trinajstić information content (AvgIpc) is 3.22. The molecule has 0 atom stereocenters. The Morgan fingerprint density at radius 3 is 2.08 bits per heavy atom. The maximum absolute atomic E-state index is 11.2. The molecule has 0 spiro atoms. The molecule has 0 saturated carbocycles.